The Bertz CT molecular complexity index is 779. The second kappa shape index (κ2) is 9.55. The van der Waals surface area contributed by atoms with Gasteiger partial charge in [0.25, 0.3) is 0 Å². The number of carbonyl (C=O) groups excluding carboxylic acids is 1. The van der Waals surface area contributed by atoms with Crippen LogP contribution in [0, 0.1) is 0 Å². The highest BCUT2D eigenvalue weighted by atomic mass is 16.1. The van der Waals surface area contributed by atoms with Gasteiger partial charge in [-0.25, -0.2) is 0 Å². The van der Waals surface area contributed by atoms with E-state index in [1.165, 1.54) is 11.3 Å². The van der Waals surface area contributed by atoms with Crippen molar-refractivity contribution in [1.29, 1.82) is 0 Å². The summed E-state index contributed by atoms with van der Waals surface area (Å²) in [6, 6.07) is 18.6. The third-order valence-electron chi connectivity index (χ3n) is 6.52. The molecule has 1 saturated heterocycles. The van der Waals surface area contributed by atoms with Gasteiger partial charge >= 0.3 is 0 Å². The summed E-state index contributed by atoms with van der Waals surface area (Å²) < 4.78 is 0. The quantitative estimate of drug-likeness (QED) is 0.634. The van der Waals surface area contributed by atoms with E-state index in [2.05, 4.69) is 52.8 Å². The van der Waals surface area contributed by atoms with Crippen molar-refractivity contribution in [3.8, 4) is 0 Å². The first-order valence-electron chi connectivity index (χ1n) is 10.8. The van der Waals surface area contributed by atoms with E-state index in [4.69, 9.17) is 0 Å². The van der Waals surface area contributed by atoms with Crippen molar-refractivity contribution in [3.63, 3.8) is 0 Å². The van der Waals surface area contributed by atoms with Gasteiger partial charge in [-0.15, -0.1) is 0 Å². The van der Waals surface area contributed by atoms with E-state index in [-0.39, 0.29) is 5.78 Å². The number of carbonyl (C=O) groups is 1. The lowest BCUT2D eigenvalue weighted by molar-refractivity contribution is 0.0666. The minimum Gasteiger partial charge on any atom is -0.369 e. The van der Waals surface area contributed by atoms with Gasteiger partial charge in [0, 0.05) is 37.4 Å². The Morgan fingerprint density at radius 3 is 2.07 bits per heavy atom. The fourth-order valence-corrected chi connectivity index (χ4v) is 4.39. The fourth-order valence-electron chi connectivity index (χ4n) is 4.39. The Morgan fingerprint density at radius 2 is 1.55 bits per heavy atom. The van der Waals surface area contributed by atoms with Gasteiger partial charge in [-0.2, -0.15) is 0 Å². The molecule has 2 aromatic carbocycles. The molecule has 0 amide bonds. The molecule has 4 nitrogen and oxygen atoms in total. The maximum absolute atomic E-state index is 13.7. The number of hydrogen-bond acceptors (Lipinski definition) is 4. The Kier molecular flexibility index (Phi) is 7.09. The Balaban J connectivity index is 1.79. The van der Waals surface area contributed by atoms with Crippen LogP contribution in [-0.2, 0) is 6.42 Å². The van der Waals surface area contributed by atoms with Gasteiger partial charge in [-0.05, 0) is 63.3 Å². The lowest BCUT2D eigenvalue weighted by Gasteiger charge is -2.38. The van der Waals surface area contributed by atoms with E-state index < -0.39 is 5.54 Å². The van der Waals surface area contributed by atoms with Crippen LogP contribution in [-0.4, -0.2) is 67.9 Å². The fraction of sp³-hybridized carbons (Fsp3) is 0.480. The molecule has 1 unspecified atom stereocenters. The molecular weight excluding hydrogens is 358 g/mol. The third kappa shape index (κ3) is 4.71. The summed E-state index contributed by atoms with van der Waals surface area (Å²) in [6.45, 7) is 9.75. The number of piperazine rings is 1. The molecule has 1 aliphatic heterocycles. The Hall–Kier alpha value is -2.17. The van der Waals surface area contributed by atoms with Crippen molar-refractivity contribution in [2.75, 3.05) is 51.7 Å². The molecule has 4 heteroatoms. The van der Waals surface area contributed by atoms with E-state index >= 15 is 0 Å². The van der Waals surface area contributed by atoms with E-state index in [9.17, 15) is 4.79 Å². The standard InChI is InChI=1S/C25H35N3O/c1-5-25(26(3)4,20-21-10-8-7-9-11-21)24(29)22-12-14-23(15-13-22)28-18-16-27(6-2)17-19-28/h7-15H,5-6,16-20H2,1-4H3. The van der Waals surface area contributed by atoms with Crippen LogP contribution < -0.4 is 4.90 Å². The maximum Gasteiger partial charge on any atom is 0.183 e. The van der Waals surface area contributed by atoms with Crippen LogP contribution in [0.2, 0.25) is 0 Å². The van der Waals surface area contributed by atoms with Crippen LogP contribution in [0.15, 0.2) is 54.6 Å². The summed E-state index contributed by atoms with van der Waals surface area (Å²) >= 11 is 0. The van der Waals surface area contributed by atoms with Crippen molar-refractivity contribution >= 4 is 11.5 Å². The van der Waals surface area contributed by atoms with Gasteiger partial charge in [0.15, 0.2) is 5.78 Å². The first-order chi connectivity index (χ1) is 14.0. The second-order valence-corrected chi connectivity index (χ2v) is 8.24. The SMILES string of the molecule is CCN1CCN(c2ccc(C(=O)C(CC)(Cc3ccccc3)N(C)C)cc2)CC1. The highest BCUT2D eigenvalue weighted by Gasteiger charge is 2.39. The molecule has 1 aliphatic rings. The second-order valence-electron chi connectivity index (χ2n) is 8.24. The highest BCUT2D eigenvalue weighted by molar-refractivity contribution is 6.03. The summed E-state index contributed by atoms with van der Waals surface area (Å²) in [4.78, 5) is 20.6. The molecule has 2 aromatic rings. The lowest BCUT2D eigenvalue weighted by Crippen LogP contribution is -2.52. The van der Waals surface area contributed by atoms with Crippen LogP contribution in [0.25, 0.3) is 0 Å². The molecule has 0 aromatic heterocycles. The predicted molar refractivity (Wildman–Crippen MR) is 122 cm³/mol. The van der Waals surface area contributed by atoms with Gasteiger partial charge in [-0.3, -0.25) is 9.69 Å². The largest absolute Gasteiger partial charge is 0.369 e. The molecule has 0 bridgehead atoms. The minimum atomic E-state index is -0.532. The van der Waals surface area contributed by atoms with Gasteiger partial charge in [-0.1, -0.05) is 44.2 Å². The molecule has 1 atom stereocenters. The number of Topliss-reactive ketones (excluding diaryl/α,β-unsaturated/α-hetero) is 1. The number of hydrogen-bond donors (Lipinski definition) is 0. The molecule has 1 fully saturated rings. The molecule has 29 heavy (non-hydrogen) atoms. The van der Waals surface area contributed by atoms with Crippen LogP contribution in [0.5, 0.6) is 0 Å². The first kappa shape index (κ1) is 21.5. The first-order valence-corrected chi connectivity index (χ1v) is 10.8. The summed E-state index contributed by atoms with van der Waals surface area (Å²) in [6.07, 6.45) is 1.49. The average Bonchev–Trinajstić information content (AvgIpc) is 2.77. The summed E-state index contributed by atoms with van der Waals surface area (Å²) in [5.41, 5.74) is 2.68. The topological polar surface area (TPSA) is 26.8 Å². The van der Waals surface area contributed by atoms with E-state index in [1.807, 2.05) is 44.4 Å². The summed E-state index contributed by atoms with van der Waals surface area (Å²) in [5, 5.41) is 0. The Labute approximate surface area is 176 Å². The molecule has 0 saturated carbocycles. The van der Waals surface area contributed by atoms with Gasteiger partial charge in [0.05, 0.1) is 5.54 Å². The van der Waals surface area contributed by atoms with Crippen LogP contribution in [0.1, 0.15) is 36.2 Å². The summed E-state index contributed by atoms with van der Waals surface area (Å²) in [7, 11) is 4.04. The molecule has 156 valence electrons. The number of ketones is 1. The molecule has 0 N–H and O–H groups in total. The van der Waals surface area contributed by atoms with Crippen LogP contribution in [0.3, 0.4) is 0 Å². The number of likely N-dealkylation sites (N-methyl/N-ethyl adjacent to an activating group) is 2. The predicted octanol–water partition coefficient (Wildman–Crippen LogP) is 3.96. The normalized spacial score (nSPS) is 17.3. The number of anilines is 1. The molecule has 1 heterocycles. The van der Waals surface area contributed by atoms with E-state index in [0.717, 1.165) is 51.1 Å². The van der Waals surface area contributed by atoms with Crippen molar-refractivity contribution in [2.24, 2.45) is 0 Å². The number of nitrogens with zero attached hydrogens (tertiary/aromatic N) is 3. The zero-order valence-electron chi connectivity index (χ0n) is 18.4. The monoisotopic (exact) mass is 393 g/mol. The third-order valence-corrected chi connectivity index (χ3v) is 6.52. The smallest absolute Gasteiger partial charge is 0.183 e. The summed E-state index contributed by atoms with van der Waals surface area (Å²) in [5.74, 6) is 0.205. The zero-order valence-corrected chi connectivity index (χ0v) is 18.4. The van der Waals surface area contributed by atoms with Gasteiger partial charge < -0.3 is 9.80 Å². The van der Waals surface area contributed by atoms with Crippen molar-refractivity contribution in [2.45, 2.75) is 32.2 Å². The van der Waals surface area contributed by atoms with Crippen molar-refractivity contribution < 1.29 is 4.79 Å². The molecule has 0 aliphatic carbocycles. The minimum absolute atomic E-state index is 0.205. The maximum atomic E-state index is 13.7. The molecule has 0 radical (unpaired) electrons. The zero-order chi connectivity index (χ0) is 20.9. The molecular formula is C25H35N3O. The van der Waals surface area contributed by atoms with E-state index in [1.54, 1.807) is 0 Å². The number of benzene rings is 2. The molecule has 3 rings (SSSR count). The Morgan fingerprint density at radius 1 is 0.931 bits per heavy atom. The van der Waals surface area contributed by atoms with Gasteiger partial charge in [0.1, 0.15) is 0 Å². The van der Waals surface area contributed by atoms with Crippen LogP contribution in [0.4, 0.5) is 5.69 Å². The van der Waals surface area contributed by atoms with E-state index in [0.29, 0.717) is 0 Å². The number of rotatable bonds is 8. The molecule has 0 spiro atoms. The van der Waals surface area contributed by atoms with Crippen LogP contribution >= 0.6 is 0 Å². The van der Waals surface area contributed by atoms with Crippen molar-refractivity contribution in [3.05, 3.63) is 65.7 Å². The van der Waals surface area contributed by atoms with Gasteiger partial charge in [0.2, 0.25) is 0 Å². The lowest BCUT2D eigenvalue weighted by atomic mass is 9.80. The van der Waals surface area contributed by atoms with Crippen molar-refractivity contribution in [1.82, 2.24) is 9.80 Å². The average molecular weight is 394 g/mol. The highest BCUT2D eigenvalue weighted by Crippen LogP contribution is 2.29.